The Balaban J connectivity index is 1.74. The van der Waals surface area contributed by atoms with E-state index in [0.717, 1.165) is 11.1 Å². The highest BCUT2D eigenvalue weighted by molar-refractivity contribution is 8.24. The summed E-state index contributed by atoms with van der Waals surface area (Å²) in [6.45, 7) is 0. The number of halogens is 1. The van der Waals surface area contributed by atoms with Crippen molar-refractivity contribution >= 4 is 39.6 Å². The van der Waals surface area contributed by atoms with E-state index in [2.05, 4.69) is 15.3 Å². The third kappa shape index (κ3) is 4.20. The summed E-state index contributed by atoms with van der Waals surface area (Å²) in [7, 11) is -2.96. The summed E-state index contributed by atoms with van der Waals surface area (Å²) in [5.74, 6) is 0.628. The van der Waals surface area contributed by atoms with Crippen LogP contribution in [0.25, 0.3) is 11.4 Å². The highest BCUT2D eigenvalue weighted by atomic mass is 35.5. The zero-order chi connectivity index (χ0) is 20.6. The topological polar surface area (TPSA) is 121 Å². The molecule has 1 aliphatic rings. The number of fused-ring (bicyclic) bond motifs is 1. The molecule has 0 saturated heterocycles. The molecule has 1 aromatic heterocycles. The number of aryl methyl sites for hydroxylation is 1. The molecule has 0 bridgehead atoms. The Morgan fingerprint density at radius 3 is 2.62 bits per heavy atom. The van der Waals surface area contributed by atoms with Crippen LogP contribution in [0.2, 0.25) is 5.02 Å². The molecule has 5 N–H and O–H groups in total. The molecule has 9 heteroatoms. The number of hydrogen-bond acceptors (Lipinski definition) is 6. The van der Waals surface area contributed by atoms with Gasteiger partial charge in [-0.2, -0.15) is 10.6 Å². The van der Waals surface area contributed by atoms with E-state index < -0.39 is 16.5 Å². The predicted molar refractivity (Wildman–Crippen MR) is 115 cm³/mol. The molecule has 1 aliphatic heterocycles. The Morgan fingerprint density at radius 1 is 1.17 bits per heavy atom. The molecule has 0 spiro atoms. The lowest BCUT2D eigenvalue weighted by Crippen LogP contribution is -2.13. The fourth-order valence-corrected chi connectivity index (χ4v) is 5.04. The van der Waals surface area contributed by atoms with Crippen LogP contribution >= 0.6 is 22.2 Å². The highest BCUT2D eigenvalue weighted by Gasteiger charge is 2.33. The minimum absolute atomic E-state index is 0.155. The lowest BCUT2D eigenvalue weighted by atomic mass is 10.1. The molecular weight excluding hydrogens is 412 g/mol. The maximum Gasteiger partial charge on any atom is 0.221 e. The molecule has 150 valence electrons. The van der Waals surface area contributed by atoms with Gasteiger partial charge >= 0.3 is 0 Å². The summed E-state index contributed by atoms with van der Waals surface area (Å²) in [6.07, 6.45) is 0.614. The van der Waals surface area contributed by atoms with Crippen molar-refractivity contribution < 1.29 is 13.9 Å². The van der Waals surface area contributed by atoms with Crippen LogP contribution in [0.15, 0.2) is 53.4 Å². The number of benzene rings is 2. The van der Waals surface area contributed by atoms with E-state index in [0.29, 0.717) is 39.4 Å². The van der Waals surface area contributed by atoms with Gasteiger partial charge in [-0.05, 0) is 29.8 Å². The zero-order valence-electron chi connectivity index (χ0n) is 15.3. The number of anilines is 2. The fourth-order valence-electron chi connectivity index (χ4n) is 3.24. The zero-order valence-corrected chi connectivity index (χ0v) is 16.9. The molecule has 2 heterocycles. The standard InChI is InChI=1S/C20H19ClN4O3S/c21-14-3-1-2-13(11-14)19-24-16-8-9-29(27,28)18(16)20(25-19)23-15-6-4-12(5-7-15)10-17(22)26/h1-7,11,27-28H,8-10H2,(H2,22,26)(H,23,24,25). The number of carbonyl (C=O) groups is 1. The van der Waals surface area contributed by atoms with Crippen molar-refractivity contribution in [1.29, 1.82) is 0 Å². The van der Waals surface area contributed by atoms with E-state index in [1.807, 2.05) is 12.1 Å². The highest BCUT2D eigenvalue weighted by Crippen LogP contribution is 2.57. The minimum atomic E-state index is -2.96. The Kier molecular flexibility index (Phi) is 5.18. The Labute approximate surface area is 174 Å². The summed E-state index contributed by atoms with van der Waals surface area (Å²) in [5.41, 5.74) is 8.06. The minimum Gasteiger partial charge on any atom is -0.369 e. The Morgan fingerprint density at radius 2 is 1.93 bits per heavy atom. The molecule has 1 amide bonds. The summed E-state index contributed by atoms with van der Waals surface area (Å²) in [6, 6.07) is 14.3. The number of hydrogen-bond donors (Lipinski definition) is 4. The molecule has 29 heavy (non-hydrogen) atoms. The molecule has 2 aromatic carbocycles. The van der Waals surface area contributed by atoms with Gasteiger partial charge in [0.25, 0.3) is 0 Å². The van der Waals surface area contributed by atoms with Crippen molar-refractivity contribution in [2.24, 2.45) is 5.73 Å². The van der Waals surface area contributed by atoms with Crippen molar-refractivity contribution in [3.8, 4) is 11.4 Å². The second-order valence-corrected chi connectivity index (χ2v) is 9.35. The number of aromatic nitrogens is 2. The van der Waals surface area contributed by atoms with Crippen LogP contribution < -0.4 is 11.1 Å². The average molecular weight is 431 g/mol. The van der Waals surface area contributed by atoms with Crippen molar-refractivity contribution in [3.63, 3.8) is 0 Å². The quantitative estimate of drug-likeness (QED) is 0.480. The van der Waals surface area contributed by atoms with E-state index in [9.17, 15) is 13.9 Å². The maximum absolute atomic E-state index is 11.1. The number of nitrogens with zero attached hydrogens (tertiary/aromatic N) is 2. The smallest absolute Gasteiger partial charge is 0.221 e. The van der Waals surface area contributed by atoms with Gasteiger partial charge in [0.05, 0.1) is 12.1 Å². The van der Waals surface area contributed by atoms with E-state index in [4.69, 9.17) is 17.3 Å². The van der Waals surface area contributed by atoms with E-state index >= 15 is 0 Å². The number of nitrogens with one attached hydrogen (secondary N) is 1. The first-order valence-corrected chi connectivity index (χ1v) is 11.0. The molecule has 0 atom stereocenters. The first-order chi connectivity index (χ1) is 13.8. The molecule has 0 aliphatic carbocycles. The van der Waals surface area contributed by atoms with Crippen LogP contribution in [-0.2, 0) is 17.6 Å². The molecule has 4 rings (SSSR count). The number of carbonyl (C=O) groups excluding carboxylic acids is 1. The monoisotopic (exact) mass is 430 g/mol. The van der Waals surface area contributed by atoms with Crippen LogP contribution in [0, 0.1) is 0 Å². The maximum atomic E-state index is 11.1. The van der Waals surface area contributed by atoms with Gasteiger partial charge in [-0.25, -0.2) is 9.97 Å². The van der Waals surface area contributed by atoms with Crippen molar-refractivity contribution in [2.75, 3.05) is 11.1 Å². The molecular formula is C20H19ClN4O3S. The van der Waals surface area contributed by atoms with Gasteiger partial charge in [0, 0.05) is 28.4 Å². The van der Waals surface area contributed by atoms with Gasteiger partial charge in [-0.1, -0.05) is 35.9 Å². The van der Waals surface area contributed by atoms with Crippen LogP contribution in [0.4, 0.5) is 11.5 Å². The molecule has 0 radical (unpaired) electrons. The lowest BCUT2D eigenvalue weighted by molar-refractivity contribution is -0.117. The Hall–Kier alpha value is -2.65. The van der Waals surface area contributed by atoms with Crippen LogP contribution in [0.3, 0.4) is 0 Å². The first kappa shape index (κ1) is 19.7. The van der Waals surface area contributed by atoms with Gasteiger partial charge in [-0.3, -0.25) is 13.9 Å². The second kappa shape index (κ2) is 7.64. The van der Waals surface area contributed by atoms with Gasteiger partial charge < -0.3 is 11.1 Å². The van der Waals surface area contributed by atoms with Crippen LogP contribution in [0.1, 0.15) is 11.3 Å². The van der Waals surface area contributed by atoms with Crippen molar-refractivity contribution in [3.05, 3.63) is 64.8 Å². The molecule has 0 unspecified atom stereocenters. The van der Waals surface area contributed by atoms with E-state index in [-0.39, 0.29) is 12.2 Å². The van der Waals surface area contributed by atoms with Crippen LogP contribution in [-0.4, -0.2) is 30.7 Å². The summed E-state index contributed by atoms with van der Waals surface area (Å²) in [5, 5.41) is 3.73. The van der Waals surface area contributed by atoms with Gasteiger partial charge in [0.1, 0.15) is 4.90 Å². The van der Waals surface area contributed by atoms with Crippen LogP contribution in [0.5, 0.6) is 0 Å². The molecule has 0 saturated carbocycles. The largest absolute Gasteiger partial charge is 0.369 e. The molecule has 3 aromatic rings. The SMILES string of the molecule is NC(=O)Cc1ccc(Nc2nc(-c3cccc(Cl)c3)nc3c2S(O)(O)CC3)cc1. The molecule has 0 fully saturated rings. The summed E-state index contributed by atoms with van der Waals surface area (Å²) < 4.78 is 21.0. The van der Waals surface area contributed by atoms with Crippen molar-refractivity contribution in [2.45, 2.75) is 17.7 Å². The number of nitrogens with two attached hydrogens (primary N) is 1. The Bertz CT molecular complexity index is 1090. The third-order valence-electron chi connectivity index (χ3n) is 4.56. The van der Waals surface area contributed by atoms with E-state index in [1.165, 1.54) is 0 Å². The van der Waals surface area contributed by atoms with Gasteiger partial charge in [0.15, 0.2) is 11.6 Å². The normalized spacial score (nSPS) is 15.6. The lowest BCUT2D eigenvalue weighted by Gasteiger charge is -2.28. The third-order valence-corrected chi connectivity index (χ3v) is 6.66. The summed E-state index contributed by atoms with van der Waals surface area (Å²) in [4.78, 5) is 20.5. The van der Waals surface area contributed by atoms with Crippen molar-refractivity contribution in [1.82, 2.24) is 9.97 Å². The molecule has 7 nitrogen and oxygen atoms in total. The number of rotatable bonds is 5. The second-order valence-electron chi connectivity index (χ2n) is 6.77. The fraction of sp³-hybridized carbons (Fsp3) is 0.150. The van der Waals surface area contributed by atoms with Gasteiger partial charge in [-0.15, -0.1) is 0 Å². The average Bonchev–Trinajstić information content (AvgIpc) is 2.98. The number of primary amides is 1. The first-order valence-electron chi connectivity index (χ1n) is 8.89. The van der Waals surface area contributed by atoms with Gasteiger partial charge in [0.2, 0.25) is 5.91 Å². The number of amides is 1. The predicted octanol–water partition coefficient (Wildman–Crippen LogP) is 4.23. The summed E-state index contributed by atoms with van der Waals surface area (Å²) >= 11 is 6.10. The van der Waals surface area contributed by atoms with E-state index in [1.54, 1.807) is 36.4 Å².